The van der Waals surface area contributed by atoms with Crippen molar-refractivity contribution >= 4 is 0 Å². The summed E-state index contributed by atoms with van der Waals surface area (Å²) in [4.78, 5) is 0. The fourth-order valence-electron chi connectivity index (χ4n) is 2.37. The monoisotopic (exact) mass is 221 g/mol. The van der Waals surface area contributed by atoms with Gasteiger partial charge in [-0.15, -0.1) is 0 Å². The fourth-order valence-corrected chi connectivity index (χ4v) is 2.37. The van der Waals surface area contributed by atoms with Crippen LogP contribution in [-0.2, 0) is 5.60 Å². The zero-order chi connectivity index (χ0) is 11.6. The van der Waals surface area contributed by atoms with Gasteiger partial charge in [0.1, 0.15) is 5.75 Å². The van der Waals surface area contributed by atoms with Gasteiger partial charge in [-0.1, -0.05) is 12.1 Å². The van der Waals surface area contributed by atoms with Gasteiger partial charge in [0.2, 0.25) is 0 Å². The van der Waals surface area contributed by atoms with Crippen molar-refractivity contribution in [2.75, 3.05) is 6.54 Å². The van der Waals surface area contributed by atoms with E-state index in [1.54, 1.807) is 18.2 Å². The second-order valence-electron chi connectivity index (χ2n) is 4.82. The number of hydrogen-bond acceptors (Lipinski definition) is 3. The normalized spacial score (nSPS) is 24.2. The molecule has 0 amide bonds. The molecule has 2 rings (SSSR count). The van der Waals surface area contributed by atoms with Gasteiger partial charge < -0.3 is 15.5 Å². The Hall–Kier alpha value is -1.06. The third-order valence-electron chi connectivity index (χ3n) is 3.27. The lowest BCUT2D eigenvalue weighted by Gasteiger charge is -2.27. The summed E-state index contributed by atoms with van der Waals surface area (Å²) in [6.45, 7) is 2.85. The minimum Gasteiger partial charge on any atom is -0.508 e. The van der Waals surface area contributed by atoms with Crippen molar-refractivity contribution in [3.63, 3.8) is 0 Å². The zero-order valence-corrected chi connectivity index (χ0v) is 9.61. The molecule has 1 heterocycles. The number of rotatable bonds is 3. The van der Waals surface area contributed by atoms with E-state index in [-0.39, 0.29) is 5.75 Å². The lowest BCUT2D eigenvalue weighted by molar-refractivity contribution is 0.0383. The summed E-state index contributed by atoms with van der Waals surface area (Å²) in [5.41, 5.74) is -0.0954. The predicted molar refractivity (Wildman–Crippen MR) is 63.3 cm³/mol. The average molecular weight is 221 g/mol. The Kier molecular flexibility index (Phi) is 3.17. The van der Waals surface area contributed by atoms with Gasteiger partial charge in [-0.2, -0.15) is 0 Å². The Balaban J connectivity index is 2.10. The highest BCUT2D eigenvalue weighted by Gasteiger charge is 2.28. The topological polar surface area (TPSA) is 52.5 Å². The minimum absolute atomic E-state index is 0.206. The highest BCUT2D eigenvalue weighted by molar-refractivity contribution is 5.31. The highest BCUT2D eigenvalue weighted by Crippen LogP contribution is 2.30. The molecular formula is C13H19NO2. The minimum atomic E-state index is -0.874. The molecule has 2 unspecified atom stereocenters. The van der Waals surface area contributed by atoms with Gasteiger partial charge in [0.25, 0.3) is 0 Å². The van der Waals surface area contributed by atoms with Crippen molar-refractivity contribution in [3.8, 4) is 5.75 Å². The molecule has 1 aliphatic heterocycles. The number of nitrogens with one attached hydrogen (secondary N) is 1. The van der Waals surface area contributed by atoms with Crippen LogP contribution in [0.1, 0.15) is 31.7 Å². The van der Waals surface area contributed by atoms with Crippen LogP contribution in [0.3, 0.4) is 0 Å². The van der Waals surface area contributed by atoms with Crippen LogP contribution in [0.2, 0.25) is 0 Å². The Labute approximate surface area is 96.1 Å². The van der Waals surface area contributed by atoms with E-state index < -0.39 is 5.60 Å². The maximum Gasteiger partial charge on any atom is 0.115 e. The van der Waals surface area contributed by atoms with Gasteiger partial charge in [0.05, 0.1) is 5.60 Å². The summed E-state index contributed by atoms with van der Waals surface area (Å²) >= 11 is 0. The van der Waals surface area contributed by atoms with Gasteiger partial charge in [0.15, 0.2) is 0 Å². The Morgan fingerprint density at radius 3 is 2.94 bits per heavy atom. The van der Waals surface area contributed by atoms with Gasteiger partial charge in [-0.3, -0.25) is 0 Å². The molecule has 3 heteroatoms. The predicted octanol–water partition coefficient (Wildman–Crippen LogP) is 1.74. The standard InChI is InChI=1S/C13H19NO2/c1-13(16,9-11-5-3-7-14-11)10-4-2-6-12(15)8-10/h2,4,6,8,11,14-16H,3,5,7,9H2,1H3. The number of hydrogen-bond donors (Lipinski definition) is 3. The first kappa shape index (κ1) is 11.4. The Bertz CT molecular complexity index is 357. The molecule has 0 aromatic heterocycles. The highest BCUT2D eigenvalue weighted by atomic mass is 16.3. The largest absolute Gasteiger partial charge is 0.508 e. The Morgan fingerprint density at radius 1 is 1.50 bits per heavy atom. The molecule has 0 saturated carbocycles. The molecule has 0 bridgehead atoms. The SMILES string of the molecule is CC(O)(CC1CCCN1)c1cccc(O)c1. The summed E-state index contributed by atoms with van der Waals surface area (Å²) in [6.07, 6.45) is 2.99. The van der Waals surface area contributed by atoms with Crippen molar-refractivity contribution in [2.24, 2.45) is 0 Å². The van der Waals surface area contributed by atoms with Crippen LogP contribution >= 0.6 is 0 Å². The first-order chi connectivity index (χ1) is 7.58. The molecule has 16 heavy (non-hydrogen) atoms. The molecule has 1 fully saturated rings. The van der Waals surface area contributed by atoms with Crippen molar-refractivity contribution in [3.05, 3.63) is 29.8 Å². The van der Waals surface area contributed by atoms with Gasteiger partial charge in [-0.05, 0) is 50.4 Å². The molecule has 3 nitrogen and oxygen atoms in total. The van der Waals surface area contributed by atoms with Crippen LogP contribution in [0.5, 0.6) is 5.75 Å². The average Bonchev–Trinajstić information content (AvgIpc) is 2.70. The van der Waals surface area contributed by atoms with E-state index in [4.69, 9.17) is 0 Å². The van der Waals surface area contributed by atoms with Crippen LogP contribution in [0.15, 0.2) is 24.3 Å². The lowest BCUT2D eigenvalue weighted by atomic mass is 9.88. The summed E-state index contributed by atoms with van der Waals surface area (Å²) in [5.74, 6) is 0.206. The van der Waals surface area contributed by atoms with Crippen molar-refractivity contribution in [1.82, 2.24) is 5.32 Å². The molecule has 0 aliphatic carbocycles. The molecule has 1 aromatic carbocycles. The van der Waals surface area contributed by atoms with Crippen molar-refractivity contribution in [2.45, 2.75) is 37.8 Å². The van der Waals surface area contributed by atoms with Crippen molar-refractivity contribution in [1.29, 1.82) is 0 Å². The molecule has 0 spiro atoms. The first-order valence-electron chi connectivity index (χ1n) is 5.83. The molecule has 3 N–H and O–H groups in total. The second-order valence-corrected chi connectivity index (χ2v) is 4.82. The zero-order valence-electron chi connectivity index (χ0n) is 9.61. The van der Waals surface area contributed by atoms with E-state index in [0.717, 1.165) is 18.5 Å². The molecule has 88 valence electrons. The fraction of sp³-hybridized carbons (Fsp3) is 0.538. The van der Waals surface area contributed by atoms with E-state index >= 15 is 0 Å². The van der Waals surface area contributed by atoms with E-state index in [0.29, 0.717) is 12.5 Å². The van der Waals surface area contributed by atoms with Gasteiger partial charge in [-0.25, -0.2) is 0 Å². The smallest absolute Gasteiger partial charge is 0.115 e. The van der Waals surface area contributed by atoms with E-state index in [1.165, 1.54) is 6.42 Å². The molecular weight excluding hydrogens is 202 g/mol. The van der Waals surface area contributed by atoms with E-state index in [2.05, 4.69) is 5.32 Å². The Morgan fingerprint density at radius 2 is 2.31 bits per heavy atom. The molecule has 0 radical (unpaired) electrons. The summed E-state index contributed by atoms with van der Waals surface area (Å²) < 4.78 is 0. The summed E-state index contributed by atoms with van der Waals surface area (Å²) in [6, 6.07) is 7.26. The quantitative estimate of drug-likeness (QED) is 0.728. The molecule has 1 aliphatic rings. The number of aromatic hydroxyl groups is 1. The van der Waals surface area contributed by atoms with Crippen LogP contribution in [-0.4, -0.2) is 22.8 Å². The summed E-state index contributed by atoms with van der Waals surface area (Å²) in [5, 5.41) is 23.2. The van der Waals surface area contributed by atoms with Gasteiger partial charge >= 0.3 is 0 Å². The van der Waals surface area contributed by atoms with Crippen LogP contribution in [0.25, 0.3) is 0 Å². The van der Waals surface area contributed by atoms with Crippen LogP contribution in [0, 0.1) is 0 Å². The molecule has 2 atom stereocenters. The maximum atomic E-state index is 10.4. The maximum absolute atomic E-state index is 10.4. The van der Waals surface area contributed by atoms with Crippen molar-refractivity contribution < 1.29 is 10.2 Å². The molecule has 1 aromatic rings. The third kappa shape index (κ3) is 2.54. The number of aliphatic hydroxyl groups is 1. The number of benzene rings is 1. The van der Waals surface area contributed by atoms with Gasteiger partial charge in [0, 0.05) is 6.04 Å². The lowest BCUT2D eigenvalue weighted by Crippen LogP contribution is -2.32. The second kappa shape index (κ2) is 4.44. The third-order valence-corrected chi connectivity index (χ3v) is 3.27. The van der Waals surface area contributed by atoms with Crippen LogP contribution < -0.4 is 5.32 Å². The van der Waals surface area contributed by atoms with Crippen LogP contribution in [0.4, 0.5) is 0 Å². The van der Waals surface area contributed by atoms with E-state index in [1.807, 2.05) is 13.0 Å². The summed E-state index contributed by atoms with van der Waals surface area (Å²) in [7, 11) is 0. The number of phenols is 1. The number of phenolic OH excluding ortho intramolecular Hbond substituents is 1. The van der Waals surface area contributed by atoms with E-state index in [9.17, 15) is 10.2 Å². The molecule has 1 saturated heterocycles. The first-order valence-corrected chi connectivity index (χ1v) is 5.83.